The summed E-state index contributed by atoms with van der Waals surface area (Å²) < 4.78 is 26.8. The van der Waals surface area contributed by atoms with Crippen molar-refractivity contribution in [3.8, 4) is 0 Å². The molecule has 0 amide bonds. The quantitative estimate of drug-likeness (QED) is 0.750. The monoisotopic (exact) mass is 298 g/mol. The van der Waals surface area contributed by atoms with Gasteiger partial charge in [0.25, 0.3) is 0 Å². The van der Waals surface area contributed by atoms with E-state index < -0.39 is 10.0 Å². The van der Waals surface area contributed by atoms with Crippen LogP contribution in [0.4, 0.5) is 5.69 Å². The summed E-state index contributed by atoms with van der Waals surface area (Å²) in [5.41, 5.74) is 7.06. The number of benzene rings is 1. The zero-order valence-corrected chi connectivity index (χ0v) is 13.5. The minimum absolute atomic E-state index is 0.0420. The summed E-state index contributed by atoms with van der Waals surface area (Å²) >= 11 is 0. The Morgan fingerprint density at radius 1 is 1.20 bits per heavy atom. The van der Waals surface area contributed by atoms with Crippen LogP contribution in [0.2, 0.25) is 0 Å². The Bertz CT molecular complexity index is 497. The van der Waals surface area contributed by atoms with Gasteiger partial charge in [-0.05, 0) is 37.5 Å². The zero-order chi connectivity index (χ0) is 15.2. The normalized spacial score (nSPS) is 13.6. The maximum Gasteiger partial charge on any atom is 0.218 e. The second kappa shape index (κ2) is 7.64. The van der Waals surface area contributed by atoms with Crippen molar-refractivity contribution in [2.45, 2.75) is 51.8 Å². The Balaban J connectivity index is 2.89. The Kier molecular flexibility index (Phi) is 6.49. The van der Waals surface area contributed by atoms with Gasteiger partial charge in [0.15, 0.2) is 0 Å². The predicted octanol–water partition coefficient (Wildman–Crippen LogP) is 3.00. The lowest BCUT2D eigenvalue weighted by atomic mass is 10.2. The van der Waals surface area contributed by atoms with Crippen LogP contribution in [0, 0.1) is 0 Å². The maximum absolute atomic E-state index is 12.6. The molecule has 0 spiro atoms. The molecule has 0 aliphatic rings. The van der Waals surface area contributed by atoms with Gasteiger partial charge >= 0.3 is 0 Å². The molecule has 114 valence electrons. The molecule has 0 heterocycles. The summed E-state index contributed by atoms with van der Waals surface area (Å²) in [5.74, 6) is 0.0430. The van der Waals surface area contributed by atoms with E-state index in [2.05, 4.69) is 6.92 Å². The number of hydrogen-bond donors (Lipinski definition) is 1. The van der Waals surface area contributed by atoms with E-state index in [0.29, 0.717) is 12.2 Å². The van der Waals surface area contributed by atoms with Crippen molar-refractivity contribution in [2.24, 2.45) is 0 Å². The van der Waals surface area contributed by atoms with Gasteiger partial charge in [-0.25, -0.2) is 8.42 Å². The summed E-state index contributed by atoms with van der Waals surface area (Å²) in [7, 11) is -3.28. The standard InChI is InChI=1S/C15H26N2O2S/c1-4-6-11-17(13(3)5-2)20(18,19)12-14-7-9-15(16)10-8-14/h7-10,13H,4-6,11-12,16H2,1-3H3. The summed E-state index contributed by atoms with van der Waals surface area (Å²) in [4.78, 5) is 0. The molecule has 5 heteroatoms. The molecule has 1 aromatic rings. The molecule has 0 fully saturated rings. The molecule has 0 saturated heterocycles. The van der Waals surface area contributed by atoms with Crippen LogP contribution < -0.4 is 5.73 Å². The Labute approximate surface area is 123 Å². The van der Waals surface area contributed by atoms with Crippen LogP contribution in [0.25, 0.3) is 0 Å². The zero-order valence-electron chi connectivity index (χ0n) is 12.7. The molecule has 0 aliphatic heterocycles. The Morgan fingerprint density at radius 2 is 1.80 bits per heavy atom. The molecule has 1 rings (SSSR count). The van der Waals surface area contributed by atoms with Gasteiger partial charge in [-0.1, -0.05) is 32.4 Å². The second-order valence-electron chi connectivity index (χ2n) is 5.22. The summed E-state index contributed by atoms with van der Waals surface area (Å²) in [6.45, 7) is 6.66. The van der Waals surface area contributed by atoms with Gasteiger partial charge in [0, 0.05) is 18.3 Å². The molecular weight excluding hydrogens is 272 g/mol. The number of nitrogens with two attached hydrogens (primary N) is 1. The van der Waals surface area contributed by atoms with E-state index in [4.69, 9.17) is 5.73 Å². The highest BCUT2D eigenvalue weighted by atomic mass is 32.2. The minimum atomic E-state index is -3.28. The molecule has 0 bridgehead atoms. The van der Waals surface area contributed by atoms with Crippen molar-refractivity contribution in [3.05, 3.63) is 29.8 Å². The summed E-state index contributed by atoms with van der Waals surface area (Å²) in [6, 6.07) is 7.08. The second-order valence-corrected chi connectivity index (χ2v) is 7.14. The lowest BCUT2D eigenvalue weighted by molar-refractivity contribution is 0.324. The van der Waals surface area contributed by atoms with Gasteiger partial charge in [0.2, 0.25) is 10.0 Å². The lowest BCUT2D eigenvalue weighted by Crippen LogP contribution is -2.39. The van der Waals surface area contributed by atoms with E-state index in [1.807, 2.05) is 13.8 Å². The molecule has 0 saturated carbocycles. The number of rotatable bonds is 8. The fraction of sp³-hybridized carbons (Fsp3) is 0.600. The van der Waals surface area contributed by atoms with Crippen molar-refractivity contribution in [1.82, 2.24) is 4.31 Å². The first-order valence-electron chi connectivity index (χ1n) is 7.24. The fourth-order valence-corrected chi connectivity index (χ4v) is 3.94. The number of nitrogen functional groups attached to an aromatic ring is 1. The van der Waals surface area contributed by atoms with Gasteiger partial charge in [0.05, 0.1) is 5.75 Å². The van der Waals surface area contributed by atoms with Crippen LogP contribution >= 0.6 is 0 Å². The molecule has 4 nitrogen and oxygen atoms in total. The van der Waals surface area contributed by atoms with E-state index in [-0.39, 0.29) is 11.8 Å². The average Bonchev–Trinajstić information content (AvgIpc) is 2.41. The maximum atomic E-state index is 12.6. The highest BCUT2D eigenvalue weighted by molar-refractivity contribution is 7.88. The molecule has 20 heavy (non-hydrogen) atoms. The number of unbranched alkanes of at least 4 members (excludes halogenated alkanes) is 1. The number of sulfonamides is 1. The first-order chi connectivity index (χ1) is 9.40. The summed E-state index contributed by atoms with van der Waals surface area (Å²) in [6.07, 6.45) is 2.71. The van der Waals surface area contributed by atoms with Gasteiger partial charge in [-0.3, -0.25) is 0 Å². The topological polar surface area (TPSA) is 63.4 Å². The molecule has 1 unspecified atom stereocenters. The third kappa shape index (κ3) is 4.80. The highest BCUT2D eigenvalue weighted by Gasteiger charge is 2.25. The van der Waals surface area contributed by atoms with Gasteiger partial charge in [0.1, 0.15) is 0 Å². The van der Waals surface area contributed by atoms with Crippen LogP contribution in [-0.2, 0) is 15.8 Å². The van der Waals surface area contributed by atoms with E-state index >= 15 is 0 Å². The van der Waals surface area contributed by atoms with Gasteiger partial charge in [-0.15, -0.1) is 0 Å². The smallest absolute Gasteiger partial charge is 0.218 e. The summed E-state index contributed by atoms with van der Waals surface area (Å²) in [5, 5.41) is 0. The molecule has 0 aromatic heterocycles. The SMILES string of the molecule is CCCCN(C(C)CC)S(=O)(=O)Cc1ccc(N)cc1. The van der Waals surface area contributed by atoms with Crippen molar-refractivity contribution < 1.29 is 8.42 Å². The number of nitrogens with zero attached hydrogens (tertiary/aromatic N) is 1. The Hall–Kier alpha value is -1.07. The van der Waals surface area contributed by atoms with Crippen molar-refractivity contribution in [1.29, 1.82) is 0 Å². The Morgan fingerprint density at radius 3 is 2.30 bits per heavy atom. The fourth-order valence-electron chi connectivity index (χ4n) is 2.06. The number of hydrogen-bond acceptors (Lipinski definition) is 3. The van der Waals surface area contributed by atoms with E-state index in [0.717, 1.165) is 24.8 Å². The third-order valence-electron chi connectivity index (χ3n) is 3.50. The van der Waals surface area contributed by atoms with E-state index in [9.17, 15) is 8.42 Å². The molecular formula is C15H26N2O2S. The number of anilines is 1. The minimum Gasteiger partial charge on any atom is -0.399 e. The van der Waals surface area contributed by atoms with E-state index in [1.54, 1.807) is 28.6 Å². The van der Waals surface area contributed by atoms with Crippen molar-refractivity contribution in [2.75, 3.05) is 12.3 Å². The third-order valence-corrected chi connectivity index (χ3v) is 5.46. The van der Waals surface area contributed by atoms with E-state index in [1.165, 1.54) is 0 Å². The van der Waals surface area contributed by atoms with Crippen molar-refractivity contribution in [3.63, 3.8) is 0 Å². The molecule has 2 N–H and O–H groups in total. The van der Waals surface area contributed by atoms with Gasteiger partial charge < -0.3 is 5.73 Å². The van der Waals surface area contributed by atoms with Crippen LogP contribution in [0.1, 0.15) is 45.6 Å². The van der Waals surface area contributed by atoms with Gasteiger partial charge in [-0.2, -0.15) is 4.31 Å². The first kappa shape index (κ1) is 17.0. The first-order valence-corrected chi connectivity index (χ1v) is 8.85. The molecule has 0 radical (unpaired) electrons. The molecule has 1 aromatic carbocycles. The largest absolute Gasteiger partial charge is 0.399 e. The van der Waals surface area contributed by atoms with Crippen LogP contribution in [0.3, 0.4) is 0 Å². The predicted molar refractivity (Wildman–Crippen MR) is 84.8 cm³/mol. The van der Waals surface area contributed by atoms with Crippen LogP contribution in [0.15, 0.2) is 24.3 Å². The molecule has 1 atom stereocenters. The molecule has 0 aliphatic carbocycles. The van der Waals surface area contributed by atoms with Crippen LogP contribution in [0.5, 0.6) is 0 Å². The van der Waals surface area contributed by atoms with Crippen molar-refractivity contribution >= 4 is 15.7 Å². The highest BCUT2D eigenvalue weighted by Crippen LogP contribution is 2.17. The van der Waals surface area contributed by atoms with Crippen LogP contribution in [-0.4, -0.2) is 25.3 Å². The lowest BCUT2D eigenvalue weighted by Gasteiger charge is -2.27. The average molecular weight is 298 g/mol.